The van der Waals surface area contributed by atoms with Gasteiger partial charge in [0.05, 0.1) is 6.54 Å². The number of phenols is 1. The van der Waals surface area contributed by atoms with Gasteiger partial charge in [0.2, 0.25) is 0 Å². The van der Waals surface area contributed by atoms with E-state index in [1.54, 1.807) is 24.3 Å². The van der Waals surface area contributed by atoms with Gasteiger partial charge < -0.3 is 20.5 Å². The fraction of sp³-hybridized carbons (Fsp3) is 0.720. The van der Waals surface area contributed by atoms with Gasteiger partial charge in [0.25, 0.3) is 0 Å². The number of phenolic OH excluding ortho intramolecular Hbond substituents is 1. The second-order valence-corrected chi connectivity index (χ2v) is 8.12. The molecule has 2 amide bonds. The molecule has 1 aromatic carbocycles. The van der Waals surface area contributed by atoms with Crippen LogP contribution in [0.2, 0.25) is 0 Å². The number of amides is 2. The first-order chi connectivity index (χ1) is 14.7. The number of ether oxygens (including phenoxy) is 1. The summed E-state index contributed by atoms with van der Waals surface area (Å²) < 4.78 is 5.49. The van der Waals surface area contributed by atoms with Crippen LogP contribution in [0.1, 0.15) is 96.8 Å². The van der Waals surface area contributed by atoms with E-state index in [0.717, 1.165) is 13.0 Å². The van der Waals surface area contributed by atoms with Crippen LogP contribution in [0.5, 0.6) is 11.5 Å². The molecule has 5 heteroatoms. The Balaban J connectivity index is 1.78. The largest absolute Gasteiger partial charge is 0.508 e. The normalized spacial score (nSPS) is 10.7. The Morgan fingerprint density at radius 3 is 1.73 bits per heavy atom. The molecule has 0 aliphatic carbocycles. The second kappa shape index (κ2) is 19.1. The van der Waals surface area contributed by atoms with Gasteiger partial charge in [-0.25, -0.2) is 4.79 Å². The van der Waals surface area contributed by atoms with Gasteiger partial charge in [-0.2, -0.15) is 0 Å². The summed E-state index contributed by atoms with van der Waals surface area (Å²) in [6.07, 6.45) is 18.7. The van der Waals surface area contributed by atoms with Crippen LogP contribution in [0, 0.1) is 0 Å². The molecule has 0 fully saturated rings. The Bertz CT molecular complexity index is 520. The minimum absolute atomic E-state index is 0.140. The zero-order valence-corrected chi connectivity index (χ0v) is 19.1. The zero-order chi connectivity index (χ0) is 21.7. The van der Waals surface area contributed by atoms with E-state index < -0.39 is 0 Å². The maximum Gasteiger partial charge on any atom is 0.314 e. The minimum Gasteiger partial charge on any atom is -0.508 e. The van der Waals surface area contributed by atoms with E-state index in [2.05, 4.69) is 17.6 Å². The summed E-state index contributed by atoms with van der Waals surface area (Å²) in [5, 5.41) is 14.9. The molecule has 0 saturated carbocycles. The van der Waals surface area contributed by atoms with Crippen LogP contribution in [0.3, 0.4) is 0 Å². The van der Waals surface area contributed by atoms with Gasteiger partial charge in [-0.15, -0.1) is 0 Å². The van der Waals surface area contributed by atoms with E-state index in [9.17, 15) is 9.90 Å². The minimum atomic E-state index is -0.140. The highest BCUT2D eigenvalue weighted by molar-refractivity contribution is 5.73. The maximum absolute atomic E-state index is 11.7. The average molecular weight is 421 g/mol. The first-order valence-electron chi connectivity index (χ1n) is 12.2. The average Bonchev–Trinajstić information content (AvgIpc) is 2.75. The Morgan fingerprint density at radius 1 is 0.733 bits per heavy atom. The van der Waals surface area contributed by atoms with Gasteiger partial charge in [-0.05, 0) is 30.7 Å². The topological polar surface area (TPSA) is 70.6 Å². The third-order valence-electron chi connectivity index (χ3n) is 5.31. The summed E-state index contributed by atoms with van der Waals surface area (Å²) >= 11 is 0. The Kier molecular flexibility index (Phi) is 16.6. The molecule has 1 aromatic rings. The summed E-state index contributed by atoms with van der Waals surface area (Å²) in [6, 6.07) is 6.41. The zero-order valence-electron chi connectivity index (χ0n) is 19.1. The number of urea groups is 1. The number of carbonyl (C=O) groups excluding carboxylic acids is 1. The van der Waals surface area contributed by atoms with Gasteiger partial charge in [-0.3, -0.25) is 0 Å². The van der Waals surface area contributed by atoms with Gasteiger partial charge in [0, 0.05) is 6.54 Å². The van der Waals surface area contributed by atoms with E-state index in [0.29, 0.717) is 18.9 Å². The highest BCUT2D eigenvalue weighted by atomic mass is 16.5. The number of hydrogen-bond donors (Lipinski definition) is 3. The van der Waals surface area contributed by atoms with Crippen LogP contribution in [-0.2, 0) is 0 Å². The predicted octanol–water partition coefficient (Wildman–Crippen LogP) is 6.55. The van der Waals surface area contributed by atoms with Crippen LogP contribution in [0.15, 0.2) is 24.3 Å². The molecule has 0 bridgehead atoms. The molecule has 5 nitrogen and oxygen atoms in total. The first kappa shape index (κ1) is 26.1. The molecule has 0 atom stereocenters. The number of unbranched alkanes of at least 4 members (excludes halogenated alkanes) is 13. The van der Waals surface area contributed by atoms with Crippen molar-refractivity contribution in [3.05, 3.63) is 24.3 Å². The second-order valence-electron chi connectivity index (χ2n) is 8.12. The van der Waals surface area contributed by atoms with Crippen molar-refractivity contribution in [2.24, 2.45) is 0 Å². The van der Waals surface area contributed by atoms with Crippen LogP contribution in [0.4, 0.5) is 4.79 Å². The molecule has 30 heavy (non-hydrogen) atoms. The van der Waals surface area contributed by atoms with Crippen molar-refractivity contribution in [3.63, 3.8) is 0 Å². The summed E-state index contributed by atoms with van der Waals surface area (Å²) in [5.41, 5.74) is 0. The van der Waals surface area contributed by atoms with Crippen molar-refractivity contribution in [1.82, 2.24) is 10.6 Å². The Morgan fingerprint density at radius 2 is 1.20 bits per heavy atom. The van der Waals surface area contributed by atoms with Crippen molar-refractivity contribution < 1.29 is 14.6 Å². The third kappa shape index (κ3) is 15.9. The molecule has 0 saturated heterocycles. The molecule has 3 N–H and O–H groups in total. The van der Waals surface area contributed by atoms with E-state index in [4.69, 9.17) is 4.74 Å². The number of nitrogens with one attached hydrogen (secondary N) is 2. The van der Waals surface area contributed by atoms with Crippen LogP contribution >= 0.6 is 0 Å². The molecule has 0 heterocycles. The first-order valence-corrected chi connectivity index (χ1v) is 12.2. The summed E-state index contributed by atoms with van der Waals surface area (Å²) in [5.74, 6) is 0.890. The Labute approximate surface area is 184 Å². The molecular formula is C25H44N2O3. The van der Waals surface area contributed by atoms with Crippen molar-refractivity contribution in [1.29, 1.82) is 0 Å². The number of carbonyl (C=O) groups is 1. The molecule has 0 aliphatic rings. The fourth-order valence-corrected chi connectivity index (χ4v) is 3.46. The van der Waals surface area contributed by atoms with Crippen LogP contribution in [-0.4, -0.2) is 30.8 Å². The lowest BCUT2D eigenvalue weighted by Gasteiger charge is -2.09. The molecule has 172 valence electrons. The smallest absolute Gasteiger partial charge is 0.314 e. The van der Waals surface area contributed by atoms with Crippen LogP contribution in [0.25, 0.3) is 0 Å². The van der Waals surface area contributed by atoms with Gasteiger partial charge in [0.15, 0.2) is 0 Å². The highest BCUT2D eigenvalue weighted by Crippen LogP contribution is 2.15. The lowest BCUT2D eigenvalue weighted by Crippen LogP contribution is -2.38. The van der Waals surface area contributed by atoms with Crippen molar-refractivity contribution >= 4 is 6.03 Å². The highest BCUT2D eigenvalue weighted by Gasteiger charge is 2.00. The summed E-state index contributed by atoms with van der Waals surface area (Å²) in [4.78, 5) is 11.7. The fourth-order valence-electron chi connectivity index (χ4n) is 3.46. The van der Waals surface area contributed by atoms with Gasteiger partial charge in [-0.1, -0.05) is 90.4 Å². The standard InChI is InChI=1S/C25H44N2O3/c1-2-3-4-5-6-7-8-9-10-11-12-13-14-15-20-26-25(29)27-21-22-30-24-18-16-23(28)17-19-24/h16-19,28H,2-15,20-22H2,1H3,(H2,26,27,29). The number of rotatable bonds is 19. The third-order valence-corrected chi connectivity index (χ3v) is 5.31. The molecule has 1 rings (SSSR count). The lowest BCUT2D eigenvalue weighted by molar-refractivity contribution is 0.236. The monoisotopic (exact) mass is 420 g/mol. The molecule has 0 aliphatic heterocycles. The number of hydrogen-bond acceptors (Lipinski definition) is 3. The molecular weight excluding hydrogens is 376 g/mol. The summed E-state index contributed by atoms with van der Waals surface area (Å²) in [7, 11) is 0. The number of aromatic hydroxyl groups is 1. The molecule has 0 spiro atoms. The maximum atomic E-state index is 11.7. The van der Waals surface area contributed by atoms with E-state index in [1.807, 2.05) is 0 Å². The predicted molar refractivity (Wildman–Crippen MR) is 125 cm³/mol. The quantitative estimate of drug-likeness (QED) is 0.222. The van der Waals surface area contributed by atoms with Crippen molar-refractivity contribution in [2.75, 3.05) is 19.7 Å². The molecule has 0 unspecified atom stereocenters. The Hall–Kier alpha value is -1.91. The lowest BCUT2D eigenvalue weighted by atomic mass is 10.0. The SMILES string of the molecule is CCCCCCCCCCCCCCCCNC(=O)NCCOc1ccc(O)cc1. The number of benzene rings is 1. The summed E-state index contributed by atoms with van der Waals surface area (Å²) in [6.45, 7) is 3.85. The van der Waals surface area contributed by atoms with Crippen molar-refractivity contribution in [3.8, 4) is 11.5 Å². The van der Waals surface area contributed by atoms with Crippen molar-refractivity contribution in [2.45, 2.75) is 96.8 Å². The van der Waals surface area contributed by atoms with E-state index in [-0.39, 0.29) is 11.8 Å². The van der Waals surface area contributed by atoms with Gasteiger partial charge >= 0.3 is 6.03 Å². The molecule has 0 aromatic heterocycles. The van der Waals surface area contributed by atoms with E-state index >= 15 is 0 Å². The van der Waals surface area contributed by atoms with Gasteiger partial charge in [0.1, 0.15) is 18.1 Å². The van der Waals surface area contributed by atoms with Crippen LogP contribution < -0.4 is 15.4 Å². The van der Waals surface area contributed by atoms with E-state index in [1.165, 1.54) is 83.5 Å². The molecule has 0 radical (unpaired) electrons.